The number of aryl methyl sites for hydroxylation is 2. The van der Waals surface area contributed by atoms with Crippen LogP contribution in [0.15, 0.2) is 12.1 Å². The molecule has 0 bridgehead atoms. The van der Waals surface area contributed by atoms with E-state index in [1.165, 1.54) is 12.0 Å². The lowest BCUT2D eigenvalue weighted by molar-refractivity contribution is -0.139. The van der Waals surface area contributed by atoms with Crippen LogP contribution < -0.4 is 4.90 Å². The second-order valence-electron chi connectivity index (χ2n) is 5.99. The van der Waals surface area contributed by atoms with Crippen LogP contribution in [0.3, 0.4) is 0 Å². The summed E-state index contributed by atoms with van der Waals surface area (Å²) in [5.74, 6) is -0.916. The molecule has 0 atom stereocenters. The number of ether oxygens (including phenoxy) is 1. The molecule has 0 aromatic heterocycles. The fraction of sp³-hybridized carbons (Fsp3) is 0.500. The predicted molar refractivity (Wildman–Crippen MR) is 97.3 cm³/mol. The van der Waals surface area contributed by atoms with Gasteiger partial charge in [-0.2, -0.15) is 0 Å². The van der Waals surface area contributed by atoms with Gasteiger partial charge in [0.2, 0.25) is 5.91 Å². The first-order chi connectivity index (χ1) is 11.2. The largest absolute Gasteiger partial charge is 0.468 e. The Balaban J connectivity index is 3.13. The fourth-order valence-corrected chi connectivity index (χ4v) is 2.97. The quantitative estimate of drug-likeness (QED) is 0.737. The number of anilines is 1. The molecule has 0 saturated carbocycles. The molecule has 1 rings (SSSR count). The lowest BCUT2D eigenvalue weighted by Crippen LogP contribution is -2.38. The van der Waals surface area contributed by atoms with Crippen LogP contribution in [0.4, 0.5) is 5.69 Å². The van der Waals surface area contributed by atoms with E-state index in [2.05, 4.69) is 0 Å². The van der Waals surface area contributed by atoms with E-state index in [1.807, 2.05) is 32.9 Å². The zero-order valence-corrected chi connectivity index (χ0v) is 16.0. The molecule has 0 aliphatic heterocycles. The van der Waals surface area contributed by atoms with Crippen LogP contribution in [-0.2, 0) is 19.1 Å². The fourth-order valence-electron chi connectivity index (χ4n) is 2.21. The highest BCUT2D eigenvalue weighted by molar-refractivity contribution is 8.14. The van der Waals surface area contributed by atoms with Gasteiger partial charge in [0.25, 0.3) is 0 Å². The van der Waals surface area contributed by atoms with Crippen LogP contribution in [-0.4, -0.2) is 36.4 Å². The molecule has 0 N–H and O–H groups in total. The summed E-state index contributed by atoms with van der Waals surface area (Å²) < 4.78 is 4.72. The van der Waals surface area contributed by atoms with Gasteiger partial charge in [0.05, 0.1) is 18.6 Å². The molecule has 1 aromatic carbocycles. The number of methoxy groups -OCH3 is 1. The molecule has 0 radical (unpaired) electrons. The number of carbonyl (C=O) groups is 3. The molecule has 5 nitrogen and oxygen atoms in total. The van der Waals surface area contributed by atoms with E-state index in [1.54, 1.807) is 13.8 Å². The first-order valence-corrected chi connectivity index (χ1v) is 8.78. The van der Waals surface area contributed by atoms with Gasteiger partial charge < -0.3 is 4.74 Å². The number of amides is 1. The highest BCUT2D eigenvalue weighted by Crippen LogP contribution is 2.28. The second kappa shape index (κ2) is 8.87. The van der Waals surface area contributed by atoms with Crippen LogP contribution in [0.1, 0.15) is 30.5 Å². The van der Waals surface area contributed by atoms with Gasteiger partial charge in [-0.15, -0.1) is 0 Å². The van der Waals surface area contributed by atoms with Crippen molar-refractivity contribution < 1.29 is 19.1 Å². The van der Waals surface area contributed by atoms with Gasteiger partial charge in [-0.1, -0.05) is 37.7 Å². The topological polar surface area (TPSA) is 63.7 Å². The van der Waals surface area contributed by atoms with E-state index in [-0.39, 0.29) is 29.2 Å². The molecule has 1 amide bonds. The third kappa shape index (κ3) is 5.09. The van der Waals surface area contributed by atoms with Gasteiger partial charge in [0, 0.05) is 5.92 Å². The smallest absolute Gasteiger partial charge is 0.325 e. The Hall–Kier alpha value is -1.82. The summed E-state index contributed by atoms with van der Waals surface area (Å²) in [6.45, 7) is 9.18. The SMILES string of the molecule is COC(=O)CN(C(=O)CSC(=O)C(C)C)c1c(C)ccc(C)c1C. The summed E-state index contributed by atoms with van der Waals surface area (Å²) in [6.07, 6.45) is 0. The van der Waals surface area contributed by atoms with Gasteiger partial charge in [-0.25, -0.2) is 0 Å². The normalized spacial score (nSPS) is 10.6. The first-order valence-electron chi connectivity index (χ1n) is 7.79. The van der Waals surface area contributed by atoms with E-state index >= 15 is 0 Å². The van der Waals surface area contributed by atoms with Gasteiger partial charge >= 0.3 is 5.97 Å². The summed E-state index contributed by atoms with van der Waals surface area (Å²) in [4.78, 5) is 37.6. The van der Waals surface area contributed by atoms with Crippen molar-refractivity contribution in [3.63, 3.8) is 0 Å². The zero-order valence-electron chi connectivity index (χ0n) is 15.1. The molecule has 0 heterocycles. The minimum absolute atomic E-state index is 0.000823. The van der Waals surface area contributed by atoms with E-state index in [0.717, 1.165) is 28.5 Å². The van der Waals surface area contributed by atoms with Gasteiger partial charge in [0.1, 0.15) is 6.54 Å². The molecular formula is C18H25NO4S. The number of benzene rings is 1. The highest BCUT2D eigenvalue weighted by Gasteiger charge is 2.24. The number of thioether (sulfide) groups is 1. The summed E-state index contributed by atoms with van der Waals surface area (Å²) in [5, 5.41) is -0.0425. The second-order valence-corrected chi connectivity index (χ2v) is 6.97. The Labute approximate surface area is 147 Å². The summed E-state index contributed by atoms with van der Waals surface area (Å²) in [5.41, 5.74) is 3.58. The van der Waals surface area contributed by atoms with Crippen molar-refractivity contribution in [2.24, 2.45) is 5.92 Å². The molecule has 0 spiro atoms. The molecule has 132 valence electrons. The number of carbonyl (C=O) groups excluding carboxylic acids is 3. The van der Waals surface area contributed by atoms with Crippen LogP contribution in [0.2, 0.25) is 0 Å². The van der Waals surface area contributed by atoms with Gasteiger partial charge in [-0.3, -0.25) is 19.3 Å². The van der Waals surface area contributed by atoms with Crippen molar-refractivity contribution in [1.29, 1.82) is 0 Å². The lowest BCUT2D eigenvalue weighted by atomic mass is 10.0. The number of hydrogen-bond acceptors (Lipinski definition) is 5. The van der Waals surface area contributed by atoms with Crippen LogP contribution >= 0.6 is 11.8 Å². The Bertz CT molecular complexity index is 640. The molecule has 0 aliphatic carbocycles. The van der Waals surface area contributed by atoms with Crippen LogP contribution in [0, 0.1) is 26.7 Å². The third-order valence-electron chi connectivity index (χ3n) is 3.80. The molecular weight excluding hydrogens is 326 g/mol. The zero-order chi connectivity index (χ0) is 18.4. The Morgan fingerprint density at radius 1 is 1.12 bits per heavy atom. The minimum Gasteiger partial charge on any atom is -0.468 e. The molecule has 0 unspecified atom stereocenters. The van der Waals surface area contributed by atoms with Crippen molar-refractivity contribution in [2.75, 3.05) is 24.3 Å². The van der Waals surface area contributed by atoms with Gasteiger partial charge in [-0.05, 0) is 37.5 Å². The summed E-state index contributed by atoms with van der Waals surface area (Å²) in [7, 11) is 1.29. The average Bonchev–Trinajstić information content (AvgIpc) is 2.54. The standard InChI is InChI=1S/C18H25NO4S/c1-11(2)18(22)24-10-15(20)19(9-16(21)23-6)17-13(4)8-7-12(3)14(17)5/h7-8,11H,9-10H2,1-6H3. The Kier molecular flexibility index (Phi) is 7.48. The predicted octanol–water partition coefficient (Wildman–Crippen LogP) is 3.03. The molecule has 6 heteroatoms. The number of nitrogens with zero attached hydrogens (tertiary/aromatic N) is 1. The number of rotatable bonds is 6. The molecule has 0 fully saturated rings. The number of hydrogen-bond donors (Lipinski definition) is 0. The van der Waals surface area contributed by atoms with Crippen molar-refractivity contribution in [3.8, 4) is 0 Å². The average molecular weight is 351 g/mol. The number of esters is 1. The summed E-state index contributed by atoms with van der Waals surface area (Å²) >= 11 is 0.984. The Morgan fingerprint density at radius 2 is 1.71 bits per heavy atom. The Morgan fingerprint density at radius 3 is 2.25 bits per heavy atom. The van der Waals surface area contributed by atoms with Gasteiger partial charge in [0.15, 0.2) is 5.12 Å². The van der Waals surface area contributed by atoms with E-state index in [9.17, 15) is 14.4 Å². The molecule has 0 aliphatic rings. The minimum atomic E-state index is -0.496. The highest BCUT2D eigenvalue weighted by atomic mass is 32.2. The maximum absolute atomic E-state index is 12.7. The van der Waals surface area contributed by atoms with E-state index in [0.29, 0.717) is 5.69 Å². The maximum Gasteiger partial charge on any atom is 0.325 e. The first kappa shape index (κ1) is 20.2. The van der Waals surface area contributed by atoms with Crippen LogP contribution in [0.25, 0.3) is 0 Å². The molecule has 0 saturated heterocycles. The molecule has 1 aromatic rings. The summed E-state index contributed by atoms with van der Waals surface area (Å²) in [6, 6.07) is 3.90. The lowest BCUT2D eigenvalue weighted by Gasteiger charge is -2.26. The van der Waals surface area contributed by atoms with Crippen molar-refractivity contribution >= 4 is 34.4 Å². The third-order valence-corrected chi connectivity index (χ3v) is 4.95. The van der Waals surface area contributed by atoms with Crippen LogP contribution in [0.5, 0.6) is 0 Å². The van der Waals surface area contributed by atoms with E-state index in [4.69, 9.17) is 4.74 Å². The van der Waals surface area contributed by atoms with Crippen molar-refractivity contribution in [1.82, 2.24) is 0 Å². The monoisotopic (exact) mass is 351 g/mol. The van der Waals surface area contributed by atoms with E-state index < -0.39 is 5.97 Å². The van der Waals surface area contributed by atoms with Crippen molar-refractivity contribution in [3.05, 3.63) is 28.8 Å². The van der Waals surface area contributed by atoms with Crippen molar-refractivity contribution in [2.45, 2.75) is 34.6 Å². The molecule has 24 heavy (non-hydrogen) atoms. The maximum atomic E-state index is 12.7.